The number of phenols is 1. The van der Waals surface area contributed by atoms with Gasteiger partial charge < -0.3 is 19.5 Å². The molecule has 0 saturated heterocycles. The van der Waals surface area contributed by atoms with Crippen molar-refractivity contribution in [2.24, 2.45) is 0 Å². The van der Waals surface area contributed by atoms with E-state index >= 15 is 0 Å². The number of methoxy groups -OCH3 is 1. The molecule has 6 nitrogen and oxygen atoms in total. The Kier molecular flexibility index (Phi) is 4.05. The molecule has 4 heterocycles. The van der Waals surface area contributed by atoms with E-state index in [-0.39, 0.29) is 18.3 Å². The molecule has 0 radical (unpaired) electrons. The van der Waals surface area contributed by atoms with Crippen molar-refractivity contribution in [3.8, 4) is 5.75 Å². The molecule has 0 saturated carbocycles. The monoisotopic (exact) mass is 404 g/mol. The fourth-order valence-corrected chi connectivity index (χ4v) is 5.00. The summed E-state index contributed by atoms with van der Waals surface area (Å²) in [6.45, 7) is 9.21. The molecule has 0 fully saturated rings. The van der Waals surface area contributed by atoms with Crippen LogP contribution in [0.15, 0.2) is 47.7 Å². The highest BCUT2D eigenvalue weighted by atomic mass is 16.6. The molecule has 1 N–H and O–H groups in total. The number of benzene rings is 1. The highest BCUT2D eigenvalue weighted by Gasteiger charge is 2.49. The molecule has 1 unspecified atom stereocenters. The third-order valence-corrected chi connectivity index (χ3v) is 6.63. The number of hydrogen-bond donors (Lipinski definition) is 1. The maximum absolute atomic E-state index is 12.7. The number of aryl methyl sites for hydroxylation is 1. The first-order valence-corrected chi connectivity index (χ1v) is 10.2. The quantitative estimate of drug-likeness (QED) is 0.784. The topological polar surface area (TPSA) is 71.9 Å². The molecule has 154 valence electrons. The minimum atomic E-state index is -1.13. The Hall–Kier alpha value is -3.12. The van der Waals surface area contributed by atoms with Crippen LogP contribution in [0.25, 0.3) is 16.6 Å². The van der Waals surface area contributed by atoms with Crippen molar-refractivity contribution < 1.29 is 19.4 Å². The number of pyridine rings is 1. The zero-order chi connectivity index (χ0) is 21.2. The lowest BCUT2D eigenvalue weighted by Gasteiger charge is -2.40. The molecule has 6 heteroatoms. The average molecular weight is 404 g/mol. The summed E-state index contributed by atoms with van der Waals surface area (Å²) in [7, 11) is 1.55. The van der Waals surface area contributed by atoms with E-state index in [1.165, 1.54) is 5.56 Å². The van der Waals surface area contributed by atoms with E-state index in [4.69, 9.17) is 14.5 Å². The second kappa shape index (κ2) is 6.44. The van der Waals surface area contributed by atoms with Crippen LogP contribution in [0, 0.1) is 0 Å². The Morgan fingerprint density at radius 2 is 2.17 bits per heavy atom. The van der Waals surface area contributed by atoms with Crippen LogP contribution in [0.5, 0.6) is 5.75 Å². The standard InChI is InChI=1S/C24H24N2O4/c1-5-15-16-9-14(27)7-8-20(16)25-22-17(15)11-26-13(3)18-12-30-23(28)24(6-2,29-4)19(18)10-21(22)26/h7-10,27H,3,5-6,11-12H2,1-2,4H3. The molecule has 2 aromatic rings. The van der Waals surface area contributed by atoms with Gasteiger partial charge in [0.2, 0.25) is 0 Å². The molecule has 5 rings (SSSR count). The highest BCUT2D eigenvalue weighted by molar-refractivity contribution is 5.93. The van der Waals surface area contributed by atoms with E-state index in [0.29, 0.717) is 13.0 Å². The number of hydrogen-bond acceptors (Lipinski definition) is 6. The third-order valence-electron chi connectivity index (χ3n) is 6.63. The SMILES string of the molecule is C=C1C2=C(C=C3c4nc5ccc(O)cc5c(CC)c4CN13)C(CC)(OC)C(=O)OC2. The fourth-order valence-electron chi connectivity index (χ4n) is 5.00. The summed E-state index contributed by atoms with van der Waals surface area (Å²) in [6, 6.07) is 5.29. The molecule has 0 spiro atoms. The molecule has 1 aromatic carbocycles. The first-order valence-electron chi connectivity index (χ1n) is 10.2. The van der Waals surface area contributed by atoms with E-state index in [2.05, 4.69) is 18.4 Å². The Morgan fingerprint density at radius 1 is 1.37 bits per heavy atom. The van der Waals surface area contributed by atoms with Crippen LogP contribution in [-0.2, 0) is 27.2 Å². The van der Waals surface area contributed by atoms with Gasteiger partial charge in [0.1, 0.15) is 12.4 Å². The minimum Gasteiger partial charge on any atom is -0.508 e. The first-order chi connectivity index (χ1) is 14.4. The summed E-state index contributed by atoms with van der Waals surface area (Å²) in [6.07, 6.45) is 3.32. The molecule has 30 heavy (non-hydrogen) atoms. The van der Waals surface area contributed by atoms with E-state index < -0.39 is 5.60 Å². The average Bonchev–Trinajstić information content (AvgIpc) is 3.11. The number of phenolic OH excluding ortho intramolecular Hbond substituents is 1. The van der Waals surface area contributed by atoms with Crippen molar-refractivity contribution in [1.29, 1.82) is 0 Å². The summed E-state index contributed by atoms with van der Waals surface area (Å²) in [4.78, 5) is 19.8. The Bertz CT molecular complexity index is 1190. The first kappa shape index (κ1) is 18.9. The lowest BCUT2D eigenvalue weighted by molar-refractivity contribution is -0.166. The largest absolute Gasteiger partial charge is 0.508 e. The van der Waals surface area contributed by atoms with Crippen LogP contribution < -0.4 is 0 Å². The molecule has 3 aliphatic heterocycles. The van der Waals surface area contributed by atoms with Crippen LogP contribution >= 0.6 is 0 Å². The third kappa shape index (κ3) is 2.28. The van der Waals surface area contributed by atoms with Crippen LogP contribution in [-0.4, -0.2) is 40.3 Å². The fraction of sp³-hybridized carbons (Fsp3) is 0.333. The van der Waals surface area contributed by atoms with E-state index in [9.17, 15) is 9.90 Å². The van der Waals surface area contributed by atoms with Gasteiger partial charge in [0.15, 0.2) is 5.60 Å². The number of nitrogens with zero attached hydrogens (tertiary/aromatic N) is 2. The number of ether oxygens (including phenoxy) is 2. The van der Waals surface area contributed by atoms with E-state index in [0.717, 1.165) is 51.1 Å². The molecule has 0 amide bonds. The maximum atomic E-state index is 12.7. The number of fused-ring (bicyclic) bond motifs is 4. The van der Waals surface area contributed by atoms with Gasteiger partial charge >= 0.3 is 5.97 Å². The molecule has 0 bridgehead atoms. The van der Waals surface area contributed by atoms with E-state index in [1.807, 2.05) is 19.1 Å². The van der Waals surface area contributed by atoms with Gasteiger partial charge in [-0.05, 0) is 42.7 Å². The van der Waals surface area contributed by atoms with Gasteiger partial charge in [-0.15, -0.1) is 0 Å². The molecular formula is C24H24N2O4. The number of carbonyl (C=O) groups is 1. The zero-order valence-electron chi connectivity index (χ0n) is 17.4. The molecule has 1 aromatic heterocycles. The Morgan fingerprint density at radius 3 is 2.87 bits per heavy atom. The van der Waals surface area contributed by atoms with E-state index in [1.54, 1.807) is 19.2 Å². The number of cyclic esters (lactones) is 1. The predicted octanol–water partition coefficient (Wildman–Crippen LogP) is 3.84. The highest BCUT2D eigenvalue weighted by Crippen LogP contribution is 2.48. The normalized spacial score (nSPS) is 22.6. The number of rotatable bonds is 3. The Balaban J connectivity index is 1.77. The number of carbonyl (C=O) groups excluding carboxylic acids is 1. The van der Waals surface area contributed by atoms with Crippen LogP contribution in [0.1, 0.15) is 37.1 Å². The number of esters is 1. The van der Waals surface area contributed by atoms with Gasteiger partial charge in [-0.25, -0.2) is 9.78 Å². The molecule has 1 atom stereocenters. The summed E-state index contributed by atoms with van der Waals surface area (Å²) in [5, 5.41) is 11.0. The van der Waals surface area contributed by atoms with Gasteiger partial charge in [-0.1, -0.05) is 20.4 Å². The predicted molar refractivity (Wildman–Crippen MR) is 113 cm³/mol. The van der Waals surface area contributed by atoms with Gasteiger partial charge in [0.05, 0.1) is 23.5 Å². The van der Waals surface area contributed by atoms with Crippen molar-refractivity contribution in [3.05, 3.63) is 64.5 Å². The lowest BCUT2D eigenvalue weighted by atomic mass is 9.82. The second-order valence-corrected chi connectivity index (χ2v) is 7.89. The number of aromatic hydroxyl groups is 1. The van der Waals surface area contributed by atoms with Gasteiger partial charge in [-0.3, -0.25) is 0 Å². The molecular weight excluding hydrogens is 380 g/mol. The summed E-state index contributed by atoms with van der Waals surface area (Å²) in [5.74, 6) is -0.127. The van der Waals surface area contributed by atoms with Crippen molar-refractivity contribution in [2.45, 2.75) is 38.8 Å². The summed E-state index contributed by atoms with van der Waals surface area (Å²) >= 11 is 0. The van der Waals surface area contributed by atoms with Crippen LogP contribution in [0.3, 0.4) is 0 Å². The minimum absolute atomic E-state index is 0.193. The Labute approximate surface area is 175 Å². The van der Waals surface area contributed by atoms with Gasteiger partial charge in [0, 0.05) is 34.9 Å². The van der Waals surface area contributed by atoms with Crippen molar-refractivity contribution in [1.82, 2.24) is 9.88 Å². The second-order valence-electron chi connectivity index (χ2n) is 7.89. The van der Waals surface area contributed by atoms with Gasteiger partial charge in [-0.2, -0.15) is 0 Å². The summed E-state index contributed by atoms with van der Waals surface area (Å²) in [5.41, 5.74) is 6.39. The summed E-state index contributed by atoms with van der Waals surface area (Å²) < 4.78 is 11.2. The van der Waals surface area contributed by atoms with Gasteiger partial charge in [0.25, 0.3) is 0 Å². The van der Waals surface area contributed by atoms with Crippen LogP contribution in [0.4, 0.5) is 0 Å². The van der Waals surface area contributed by atoms with Crippen LogP contribution in [0.2, 0.25) is 0 Å². The molecule has 3 aliphatic rings. The lowest BCUT2D eigenvalue weighted by Crippen LogP contribution is -2.48. The van der Waals surface area contributed by atoms with Crippen molar-refractivity contribution >= 4 is 22.6 Å². The smallest absolute Gasteiger partial charge is 0.343 e. The zero-order valence-corrected chi connectivity index (χ0v) is 17.4. The number of aromatic nitrogens is 1. The van der Waals surface area contributed by atoms with Crippen molar-refractivity contribution in [3.63, 3.8) is 0 Å². The van der Waals surface area contributed by atoms with Crippen molar-refractivity contribution in [2.75, 3.05) is 13.7 Å². The molecule has 0 aliphatic carbocycles. The maximum Gasteiger partial charge on any atom is 0.343 e.